The first-order valence-corrected chi connectivity index (χ1v) is 13.7. The molecule has 9 heteroatoms. The Kier molecular flexibility index (Phi) is 10.7. The molecule has 0 fully saturated rings. The molecule has 0 heterocycles. The van der Waals surface area contributed by atoms with Gasteiger partial charge in [-0.25, -0.2) is 12.8 Å². The van der Waals surface area contributed by atoms with Gasteiger partial charge in [0.15, 0.2) is 0 Å². The maximum atomic E-state index is 13.3. The number of nitrogens with one attached hydrogen (secondary N) is 1. The van der Waals surface area contributed by atoms with Gasteiger partial charge in [0.1, 0.15) is 11.9 Å². The molecule has 2 aromatic carbocycles. The van der Waals surface area contributed by atoms with E-state index in [1.807, 2.05) is 38.1 Å². The monoisotopic (exact) mass is 505 g/mol. The van der Waals surface area contributed by atoms with E-state index < -0.39 is 21.9 Å². The molecule has 0 aliphatic heterocycles. The first-order valence-electron chi connectivity index (χ1n) is 11.9. The molecule has 0 bridgehead atoms. The number of hydrogen-bond donors (Lipinski definition) is 1. The van der Waals surface area contributed by atoms with Crippen LogP contribution in [0.4, 0.5) is 10.1 Å². The lowest BCUT2D eigenvalue weighted by Crippen LogP contribution is -2.48. The van der Waals surface area contributed by atoms with Crippen molar-refractivity contribution in [3.8, 4) is 0 Å². The zero-order valence-electron chi connectivity index (χ0n) is 21.0. The van der Waals surface area contributed by atoms with E-state index in [1.54, 1.807) is 11.8 Å². The Morgan fingerprint density at radius 1 is 1.06 bits per heavy atom. The van der Waals surface area contributed by atoms with Crippen molar-refractivity contribution >= 4 is 27.5 Å². The number of carbonyl (C=O) groups excluding carboxylic acids is 2. The average Bonchev–Trinajstić information content (AvgIpc) is 2.81. The van der Waals surface area contributed by atoms with Gasteiger partial charge in [-0.2, -0.15) is 0 Å². The Morgan fingerprint density at radius 3 is 2.31 bits per heavy atom. The van der Waals surface area contributed by atoms with Crippen molar-refractivity contribution in [3.63, 3.8) is 0 Å². The lowest BCUT2D eigenvalue weighted by Gasteiger charge is -2.30. The quantitative estimate of drug-likeness (QED) is 0.417. The van der Waals surface area contributed by atoms with Gasteiger partial charge in [-0.3, -0.25) is 13.9 Å². The minimum absolute atomic E-state index is 0.0610. The van der Waals surface area contributed by atoms with Crippen molar-refractivity contribution in [1.29, 1.82) is 0 Å². The van der Waals surface area contributed by atoms with Crippen LogP contribution in [0.1, 0.15) is 50.7 Å². The molecule has 7 nitrogen and oxygen atoms in total. The maximum Gasteiger partial charge on any atom is 0.242 e. The highest BCUT2D eigenvalue weighted by Gasteiger charge is 2.26. The molecular formula is C26H36FN3O4S. The van der Waals surface area contributed by atoms with Crippen LogP contribution in [-0.2, 0) is 26.2 Å². The summed E-state index contributed by atoms with van der Waals surface area (Å²) in [6, 6.07) is 12.2. The second kappa shape index (κ2) is 13.2. The molecule has 1 N–H and O–H groups in total. The highest BCUT2D eigenvalue weighted by molar-refractivity contribution is 7.92. The highest BCUT2D eigenvalue weighted by Crippen LogP contribution is 2.20. The minimum Gasteiger partial charge on any atom is -0.354 e. The Bertz CT molecular complexity index is 1090. The van der Waals surface area contributed by atoms with Crippen LogP contribution in [0.2, 0.25) is 0 Å². The molecule has 2 amide bonds. The van der Waals surface area contributed by atoms with Gasteiger partial charge in [-0.05, 0) is 62.1 Å². The van der Waals surface area contributed by atoms with Crippen molar-refractivity contribution in [2.75, 3.05) is 23.7 Å². The number of hydrogen-bond acceptors (Lipinski definition) is 4. The van der Waals surface area contributed by atoms with E-state index in [0.717, 1.165) is 34.5 Å². The van der Waals surface area contributed by atoms with Crippen LogP contribution >= 0.6 is 0 Å². The predicted molar refractivity (Wildman–Crippen MR) is 137 cm³/mol. The summed E-state index contributed by atoms with van der Waals surface area (Å²) in [6.07, 6.45) is 3.19. The third kappa shape index (κ3) is 8.65. The summed E-state index contributed by atoms with van der Waals surface area (Å²) in [5.41, 5.74) is 2.29. The fraction of sp³-hybridized carbons (Fsp3) is 0.462. The molecule has 0 unspecified atom stereocenters. The molecule has 1 atom stereocenters. The molecular weight excluding hydrogens is 469 g/mol. The summed E-state index contributed by atoms with van der Waals surface area (Å²) < 4.78 is 39.1. The van der Waals surface area contributed by atoms with E-state index in [0.29, 0.717) is 12.2 Å². The highest BCUT2D eigenvalue weighted by atomic mass is 32.2. The molecule has 0 aliphatic rings. The second-order valence-corrected chi connectivity index (χ2v) is 10.6. The van der Waals surface area contributed by atoms with Gasteiger partial charge in [0.25, 0.3) is 0 Å². The number of rotatable bonds is 13. The molecule has 35 heavy (non-hydrogen) atoms. The van der Waals surface area contributed by atoms with Crippen LogP contribution in [0.5, 0.6) is 0 Å². The lowest BCUT2D eigenvalue weighted by molar-refractivity contribution is -0.140. The number of halogens is 1. The maximum absolute atomic E-state index is 13.3. The van der Waals surface area contributed by atoms with Crippen LogP contribution in [0.15, 0.2) is 48.5 Å². The third-order valence-corrected chi connectivity index (χ3v) is 7.06. The van der Waals surface area contributed by atoms with Crippen molar-refractivity contribution in [2.45, 2.75) is 59.0 Å². The zero-order valence-corrected chi connectivity index (χ0v) is 21.8. The van der Waals surface area contributed by atoms with Crippen molar-refractivity contribution in [3.05, 3.63) is 65.5 Å². The van der Waals surface area contributed by atoms with E-state index >= 15 is 0 Å². The molecule has 0 spiro atoms. The molecule has 2 rings (SSSR count). The largest absolute Gasteiger partial charge is 0.354 e. The van der Waals surface area contributed by atoms with E-state index in [-0.39, 0.29) is 37.7 Å². The first-order chi connectivity index (χ1) is 16.5. The van der Waals surface area contributed by atoms with Crippen molar-refractivity contribution in [1.82, 2.24) is 10.2 Å². The fourth-order valence-corrected chi connectivity index (χ4v) is 4.67. The van der Waals surface area contributed by atoms with E-state index in [2.05, 4.69) is 5.32 Å². The van der Waals surface area contributed by atoms with Crippen LogP contribution in [0, 0.1) is 12.7 Å². The molecule has 0 aliphatic carbocycles. The average molecular weight is 506 g/mol. The van der Waals surface area contributed by atoms with Crippen LogP contribution in [-0.4, -0.2) is 50.5 Å². The Hall–Kier alpha value is -2.94. The lowest BCUT2D eigenvalue weighted by atomic mass is 10.1. The molecule has 0 saturated carbocycles. The normalized spacial score (nSPS) is 12.1. The Morgan fingerprint density at radius 2 is 1.71 bits per heavy atom. The van der Waals surface area contributed by atoms with Gasteiger partial charge >= 0.3 is 0 Å². The van der Waals surface area contributed by atoms with Gasteiger partial charge in [-0.1, -0.05) is 37.6 Å². The summed E-state index contributed by atoms with van der Waals surface area (Å²) in [4.78, 5) is 27.6. The first kappa shape index (κ1) is 28.3. The number of anilines is 1. The van der Waals surface area contributed by atoms with Gasteiger partial charge in [0.2, 0.25) is 21.8 Å². The third-order valence-electron chi connectivity index (χ3n) is 5.87. The van der Waals surface area contributed by atoms with Crippen molar-refractivity contribution < 1.29 is 22.4 Å². The second-order valence-electron chi connectivity index (χ2n) is 8.68. The van der Waals surface area contributed by atoms with Gasteiger partial charge < -0.3 is 10.2 Å². The van der Waals surface area contributed by atoms with Gasteiger partial charge in [0, 0.05) is 26.1 Å². The van der Waals surface area contributed by atoms with Crippen LogP contribution in [0.3, 0.4) is 0 Å². The molecule has 192 valence electrons. The smallest absolute Gasteiger partial charge is 0.242 e. The number of amides is 2. The molecule has 0 aromatic heterocycles. The fourth-order valence-electron chi connectivity index (χ4n) is 3.70. The number of unbranched alkanes of at least 4 members (excludes halogenated alkanes) is 1. The number of nitrogens with zero attached hydrogens (tertiary/aromatic N) is 2. The summed E-state index contributed by atoms with van der Waals surface area (Å²) in [6.45, 7) is 6.59. The topological polar surface area (TPSA) is 86.8 Å². The van der Waals surface area contributed by atoms with Gasteiger partial charge in [-0.15, -0.1) is 0 Å². The molecule has 0 saturated heterocycles. The Labute approximate surface area is 208 Å². The summed E-state index contributed by atoms with van der Waals surface area (Å²) >= 11 is 0. The summed E-state index contributed by atoms with van der Waals surface area (Å²) in [5.74, 6) is -0.918. The summed E-state index contributed by atoms with van der Waals surface area (Å²) in [5, 5.41) is 2.89. The number of aryl methyl sites for hydroxylation is 1. The van der Waals surface area contributed by atoms with Crippen LogP contribution < -0.4 is 9.62 Å². The standard InChI is InChI=1S/C26H36FN3O4S/c1-5-6-17-28-26(32)21(3)29(19-22-11-8-7-10-20(22)2)25(31)12-9-18-30(35(4,33)34)24-15-13-23(27)14-16-24/h7-8,10-11,13-16,21H,5-6,9,12,17-19H2,1-4H3,(H,28,32)/t21-/m0/s1. The summed E-state index contributed by atoms with van der Waals surface area (Å²) in [7, 11) is -3.62. The SMILES string of the molecule is CCCCNC(=O)[C@H](C)N(Cc1ccccc1C)C(=O)CCCN(c1ccc(F)cc1)S(C)(=O)=O. The molecule has 2 aromatic rings. The van der Waals surface area contributed by atoms with Gasteiger partial charge in [0.05, 0.1) is 11.9 Å². The zero-order chi connectivity index (χ0) is 26.0. The van der Waals surface area contributed by atoms with E-state index in [4.69, 9.17) is 0 Å². The van der Waals surface area contributed by atoms with Crippen molar-refractivity contribution in [2.24, 2.45) is 0 Å². The number of carbonyl (C=O) groups is 2. The predicted octanol–water partition coefficient (Wildman–Crippen LogP) is 4.01. The number of sulfonamides is 1. The van der Waals surface area contributed by atoms with Crippen LogP contribution in [0.25, 0.3) is 0 Å². The Balaban J connectivity index is 2.14. The number of benzene rings is 2. The molecule has 0 radical (unpaired) electrons. The van der Waals surface area contributed by atoms with E-state index in [9.17, 15) is 22.4 Å². The minimum atomic E-state index is -3.62. The van der Waals surface area contributed by atoms with E-state index in [1.165, 1.54) is 24.3 Å².